The van der Waals surface area contributed by atoms with Gasteiger partial charge in [-0.3, -0.25) is 33.8 Å². The molecule has 2 aromatic carbocycles. The van der Waals surface area contributed by atoms with Crippen LogP contribution in [-0.2, 0) is 38.4 Å². The molecule has 0 spiro atoms. The van der Waals surface area contributed by atoms with E-state index in [1.807, 2.05) is 91.1 Å². The molecule has 6 aliphatic rings. The number of carboxylic acids is 1. The van der Waals surface area contributed by atoms with Crippen molar-refractivity contribution in [2.45, 2.75) is 194 Å². The Hall–Kier alpha value is -7.49. The standard InChI is InChI=1S/C80H100N10O8S3/c91-70(50-58-25-17-44-88(52-58)67-37-34-64(73(92)82-61-28-10-3-11-29-61)76(85-67)101-49-42-57-24-16-43-81-51-57)98-80(97)72(60-27-19-46-90(54-60)69-39-36-66(75(94)84-63-32-14-5-15-33-63)78(87-69)100-48-41-56-22-8-2-9-23-56)71(79(95)96)59-26-18-45-89(53-59)68-38-35-65(74(93)83-62-30-12-4-13-31-62)77(86-68)99-47-40-55-20-6-1-7-21-55/h1-2,6-9,16,20-24,34-39,43,51,58-63,71-72H,3-5,10-15,17-19,25-33,40-42,44-50,52-54H2,(H,82,92)(H,83,93)(H,84,94)(H,95,96)/t58-,59-,60+,71?,72?/m0/s1. The quantitative estimate of drug-likeness (QED) is 0.0203. The second kappa shape index (κ2) is 37.1. The van der Waals surface area contributed by atoms with Crippen LogP contribution in [0.4, 0.5) is 17.5 Å². The van der Waals surface area contributed by atoms with Gasteiger partial charge in [0.1, 0.15) is 32.5 Å². The first kappa shape index (κ1) is 73.3. The third kappa shape index (κ3) is 20.7. The third-order valence-electron chi connectivity index (χ3n) is 21.4. The minimum atomic E-state index is -1.24. The number of ether oxygens (including phenoxy) is 1. The number of thioether (sulfide) groups is 3. The van der Waals surface area contributed by atoms with Gasteiger partial charge >= 0.3 is 17.9 Å². The molecular weight excluding hydrogens is 1330 g/mol. The van der Waals surface area contributed by atoms with Gasteiger partial charge in [-0.1, -0.05) is 125 Å². The molecule has 21 heteroatoms. The van der Waals surface area contributed by atoms with Gasteiger partial charge in [0, 0.05) is 87.0 Å². The molecule has 18 nitrogen and oxygen atoms in total. The molecule has 2 unspecified atom stereocenters. The van der Waals surface area contributed by atoms with E-state index in [2.05, 4.69) is 59.9 Å². The highest BCUT2D eigenvalue weighted by molar-refractivity contribution is 7.99. The van der Waals surface area contributed by atoms with Crippen LogP contribution in [0.3, 0.4) is 0 Å². The van der Waals surface area contributed by atoms with Gasteiger partial charge in [-0.2, -0.15) is 0 Å². The summed E-state index contributed by atoms with van der Waals surface area (Å²) in [6.07, 6.45) is 25.3. The first-order valence-electron chi connectivity index (χ1n) is 37.5. The Labute approximate surface area is 608 Å². The number of hydrogen-bond acceptors (Lipinski definition) is 17. The first-order valence-corrected chi connectivity index (χ1v) is 40.4. The second-order valence-electron chi connectivity index (χ2n) is 28.7. The molecule has 101 heavy (non-hydrogen) atoms. The Morgan fingerprint density at radius 1 is 0.446 bits per heavy atom. The number of piperidine rings is 3. The van der Waals surface area contributed by atoms with Crippen LogP contribution in [0.2, 0.25) is 0 Å². The van der Waals surface area contributed by atoms with Crippen molar-refractivity contribution in [3.63, 3.8) is 0 Å². The summed E-state index contributed by atoms with van der Waals surface area (Å²) in [5.74, 6) is -2.79. The van der Waals surface area contributed by atoms with Gasteiger partial charge in [0.2, 0.25) is 0 Å². The van der Waals surface area contributed by atoms with E-state index in [9.17, 15) is 29.1 Å². The van der Waals surface area contributed by atoms with Crippen molar-refractivity contribution in [3.8, 4) is 0 Å². The zero-order valence-electron chi connectivity index (χ0n) is 58.4. The van der Waals surface area contributed by atoms with Gasteiger partial charge in [-0.15, -0.1) is 35.3 Å². The number of aryl methyl sites for hydroxylation is 3. The summed E-state index contributed by atoms with van der Waals surface area (Å²) in [6, 6.07) is 36.1. The van der Waals surface area contributed by atoms with E-state index in [-0.39, 0.29) is 61.3 Å². The summed E-state index contributed by atoms with van der Waals surface area (Å²) >= 11 is 4.65. The van der Waals surface area contributed by atoms with Gasteiger partial charge in [-0.05, 0) is 173 Å². The van der Waals surface area contributed by atoms with Crippen molar-refractivity contribution in [1.29, 1.82) is 0 Å². The van der Waals surface area contributed by atoms with Crippen molar-refractivity contribution in [2.75, 3.05) is 71.2 Å². The van der Waals surface area contributed by atoms with Crippen molar-refractivity contribution in [1.82, 2.24) is 35.9 Å². The number of pyridine rings is 4. The van der Waals surface area contributed by atoms with Crippen LogP contribution < -0.4 is 30.7 Å². The van der Waals surface area contributed by atoms with E-state index in [0.717, 1.165) is 108 Å². The fraction of sp³-hybridized carbons (Fsp3) is 0.525. The largest absolute Gasteiger partial charge is 0.481 e. The first-order chi connectivity index (χ1) is 49.4. The molecule has 5 atom stereocenters. The van der Waals surface area contributed by atoms with Crippen molar-refractivity contribution in [2.24, 2.45) is 29.6 Å². The number of benzene rings is 2. The highest BCUT2D eigenvalue weighted by atomic mass is 32.2. The van der Waals surface area contributed by atoms with E-state index in [0.29, 0.717) is 125 Å². The van der Waals surface area contributed by atoms with Crippen molar-refractivity contribution < 1.29 is 38.6 Å². The van der Waals surface area contributed by atoms with Crippen molar-refractivity contribution >= 4 is 88.4 Å². The number of nitrogens with zero attached hydrogens (tertiary/aromatic N) is 7. The fourth-order valence-electron chi connectivity index (χ4n) is 16.0. The minimum absolute atomic E-state index is 0.0589. The lowest BCUT2D eigenvalue weighted by atomic mass is 9.70. The lowest BCUT2D eigenvalue weighted by Crippen LogP contribution is -2.50. The number of aromatic nitrogens is 4. The smallest absolute Gasteiger partial charge is 0.317 e. The molecule has 4 N–H and O–H groups in total. The maximum Gasteiger partial charge on any atom is 0.317 e. The molecular formula is C80H100N10O8S3. The zero-order valence-corrected chi connectivity index (χ0v) is 60.8. The van der Waals surface area contributed by atoms with Crippen LogP contribution >= 0.6 is 35.3 Å². The van der Waals surface area contributed by atoms with Crippen LogP contribution in [0.15, 0.2) is 137 Å². The number of anilines is 3. The number of rotatable bonds is 28. The molecule has 3 saturated carbocycles. The number of carboxylic acid groups (broad SMARTS) is 1. The Bertz CT molecular complexity index is 3730. The number of hydrogen-bond donors (Lipinski definition) is 4. The maximum absolute atomic E-state index is 15.5. The van der Waals surface area contributed by atoms with E-state index >= 15 is 4.79 Å². The van der Waals surface area contributed by atoms with E-state index in [4.69, 9.17) is 19.7 Å². The van der Waals surface area contributed by atoms with E-state index in [1.54, 1.807) is 41.5 Å². The van der Waals surface area contributed by atoms with Gasteiger partial charge in [-0.25, -0.2) is 15.0 Å². The summed E-state index contributed by atoms with van der Waals surface area (Å²) in [4.78, 5) is 113. The predicted molar refractivity (Wildman–Crippen MR) is 401 cm³/mol. The number of nitrogens with one attached hydrogen (secondary N) is 3. The Morgan fingerprint density at radius 2 is 0.842 bits per heavy atom. The van der Waals surface area contributed by atoms with Gasteiger partial charge in [0.25, 0.3) is 17.7 Å². The topological polar surface area (TPSA) is 229 Å². The number of carbonyl (C=O) groups excluding carboxylic acids is 5. The molecule has 7 heterocycles. The average Bonchev–Trinajstić information content (AvgIpc) is 0.797. The van der Waals surface area contributed by atoms with Crippen LogP contribution in [-0.4, -0.2) is 135 Å². The zero-order chi connectivity index (χ0) is 69.7. The molecule has 3 aliphatic carbocycles. The number of aliphatic carboxylic acids is 1. The molecule has 4 aromatic heterocycles. The maximum atomic E-state index is 15.5. The highest BCUT2D eigenvalue weighted by Gasteiger charge is 2.48. The van der Waals surface area contributed by atoms with E-state index < -0.39 is 41.6 Å². The van der Waals surface area contributed by atoms with Crippen LogP contribution in [0.1, 0.15) is 189 Å². The van der Waals surface area contributed by atoms with E-state index in [1.165, 1.54) is 30.4 Å². The summed E-state index contributed by atoms with van der Waals surface area (Å²) in [7, 11) is 0. The molecule has 3 saturated heterocycles. The SMILES string of the molecule is O=C(C[C@@H]1CCCN(c2ccc(C(=O)NC3CCCCC3)c(SCCc3cccnc3)n2)C1)OC(=O)C(C(C(=O)O)[C@H]1CCCN(c2ccc(C(=O)NC3CCCCC3)c(SCCc3ccccc3)n2)C1)[C@@H]1CCCN(c2ccc(C(=O)NC3CCCCC3)c(SCCc3ccccc3)n2)C1. The normalized spacial score (nSPS) is 20.1. The van der Waals surface area contributed by atoms with Gasteiger partial charge in [0.05, 0.1) is 34.9 Å². The third-order valence-corrected chi connectivity index (χ3v) is 24.4. The van der Waals surface area contributed by atoms with Crippen molar-refractivity contribution in [3.05, 3.63) is 155 Å². The number of carbonyl (C=O) groups is 6. The summed E-state index contributed by atoms with van der Waals surface area (Å²) in [5.41, 5.74) is 5.05. The Morgan fingerprint density at radius 3 is 1.26 bits per heavy atom. The predicted octanol–water partition coefficient (Wildman–Crippen LogP) is 14.3. The summed E-state index contributed by atoms with van der Waals surface area (Å²) in [5, 5.41) is 23.6. The minimum Gasteiger partial charge on any atom is -0.481 e. The molecule has 0 bridgehead atoms. The highest BCUT2D eigenvalue weighted by Crippen LogP contribution is 2.41. The molecule has 3 amide bonds. The van der Waals surface area contributed by atoms with Crippen LogP contribution in [0, 0.1) is 29.6 Å². The van der Waals surface area contributed by atoms with Crippen LogP contribution in [0.5, 0.6) is 0 Å². The Balaban J connectivity index is 0.798. The van der Waals surface area contributed by atoms with Gasteiger partial charge < -0.3 is 40.5 Å². The Kier molecular flexibility index (Phi) is 26.9. The molecule has 0 radical (unpaired) electrons. The lowest BCUT2D eigenvalue weighted by Gasteiger charge is -2.42. The monoisotopic (exact) mass is 1420 g/mol. The second-order valence-corrected chi connectivity index (χ2v) is 31.9. The molecule has 3 aliphatic heterocycles. The fourth-order valence-corrected chi connectivity index (χ4v) is 19.0. The van der Waals surface area contributed by atoms with Gasteiger partial charge in [0.15, 0.2) is 0 Å². The number of esters is 2. The van der Waals surface area contributed by atoms with Crippen LogP contribution in [0.25, 0.3) is 0 Å². The molecule has 6 fully saturated rings. The molecule has 536 valence electrons. The average molecular weight is 1430 g/mol. The number of amides is 3. The molecule has 6 aromatic rings. The molecule has 12 rings (SSSR count). The summed E-state index contributed by atoms with van der Waals surface area (Å²) < 4.78 is 6.09. The lowest BCUT2D eigenvalue weighted by molar-refractivity contribution is -0.171. The summed E-state index contributed by atoms with van der Waals surface area (Å²) in [6.45, 7) is 2.88.